The Morgan fingerprint density at radius 2 is 2.10 bits per heavy atom. The molecule has 6 nitrogen and oxygen atoms in total. The maximum absolute atomic E-state index is 11.9. The average molecular weight is 278 g/mol. The molecule has 1 aliphatic heterocycles. The summed E-state index contributed by atoms with van der Waals surface area (Å²) in [6.07, 6.45) is 0.391. The number of carboxylic acid groups (broad SMARTS) is 1. The molecule has 1 aliphatic rings. The highest BCUT2D eigenvalue weighted by atomic mass is 16.6. The van der Waals surface area contributed by atoms with Gasteiger partial charge in [-0.3, -0.25) is 4.79 Å². The standard InChI is InChI=1S/C14H18N2O4/c17-13(18)8-15-12-6-7-16(9-12)14(19)20-10-11-4-2-1-3-5-11/h1-5,12,15H,6-10H2,(H,17,18). The first-order valence-electron chi connectivity index (χ1n) is 6.56. The molecule has 1 fully saturated rings. The summed E-state index contributed by atoms with van der Waals surface area (Å²) < 4.78 is 5.23. The summed E-state index contributed by atoms with van der Waals surface area (Å²) in [5.41, 5.74) is 0.945. The second-order valence-electron chi connectivity index (χ2n) is 4.75. The van der Waals surface area contributed by atoms with Gasteiger partial charge in [0.1, 0.15) is 6.61 Å². The van der Waals surface area contributed by atoms with Crippen LogP contribution >= 0.6 is 0 Å². The molecule has 1 saturated heterocycles. The predicted molar refractivity (Wildman–Crippen MR) is 72.2 cm³/mol. The van der Waals surface area contributed by atoms with E-state index in [9.17, 15) is 9.59 Å². The van der Waals surface area contributed by atoms with Crippen molar-refractivity contribution < 1.29 is 19.4 Å². The van der Waals surface area contributed by atoms with Gasteiger partial charge in [0, 0.05) is 19.1 Å². The number of hydrogen-bond acceptors (Lipinski definition) is 4. The van der Waals surface area contributed by atoms with Gasteiger partial charge in [0.05, 0.1) is 6.54 Å². The minimum atomic E-state index is -0.893. The Balaban J connectivity index is 1.73. The molecule has 0 spiro atoms. The number of carbonyl (C=O) groups is 2. The summed E-state index contributed by atoms with van der Waals surface area (Å²) in [5.74, 6) is -0.893. The van der Waals surface area contributed by atoms with Crippen molar-refractivity contribution in [2.24, 2.45) is 0 Å². The molecule has 20 heavy (non-hydrogen) atoms. The number of benzene rings is 1. The Kier molecular flexibility index (Phi) is 4.95. The minimum absolute atomic E-state index is 0.0235. The van der Waals surface area contributed by atoms with E-state index < -0.39 is 5.97 Å². The molecule has 2 rings (SSSR count). The van der Waals surface area contributed by atoms with Crippen molar-refractivity contribution in [1.82, 2.24) is 10.2 Å². The zero-order valence-corrected chi connectivity index (χ0v) is 11.1. The van der Waals surface area contributed by atoms with E-state index in [0.717, 1.165) is 12.0 Å². The number of aliphatic carboxylic acids is 1. The number of nitrogens with one attached hydrogen (secondary N) is 1. The maximum Gasteiger partial charge on any atom is 0.410 e. The van der Waals surface area contributed by atoms with Gasteiger partial charge in [-0.1, -0.05) is 30.3 Å². The second-order valence-corrected chi connectivity index (χ2v) is 4.75. The zero-order chi connectivity index (χ0) is 14.4. The Bertz CT molecular complexity index is 464. The smallest absolute Gasteiger partial charge is 0.410 e. The fourth-order valence-electron chi connectivity index (χ4n) is 2.13. The monoisotopic (exact) mass is 278 g/mol. The zero-order valence-electron chi connectivity index (χ0n) is 11.1. The summed E-state index contributed by atoms with van der Waals surface area (Å²) in [4.78, 5) is 23.9. The van der Waals surface area contributed by atoms with Gasteiger partial charge in [0.15, 0.2) is 0 Å². The van der Waals surface area contributed by atoms with Gasteiger partial charge >= 0.3 is 12.1 Å². The molecule has 0 saturated carbocycles. The number of carboxylic acids is 1. The van der Waals surface area contributed by atoms with Crippen LogP contribution in [0, 0.1) is 0 Å². The highest BCUT2D eigenvalue weighted by Crippen LogP contribution is 2.11. The normalized spacial score (nSPS) is 18.0. The second kappa shape index (κ2) is 6.91. The largest absolute Gasteiger partial charge is 0.480 e. The van der Waals surface area contributed by atoms with Crippen molar-refractivity contribution in [3.8, 4) is 0 Å². The molecule has 1 aromatic rings. The molecule has 0 radical (unpaired) electrons. The van der Waals surface area contributed by atoms with Gasteiger partial charge in [0.25, 0.3) is 0 Å². The predicted octanol–water partition coefficient (Wildman–Crippen LogP) is 1.07. The van der Waals surface area contributed by atoms with E-state index in [2.05, 4.69) is 5.32 Å². The number of rotatable bonds is 5. The van der Waals surface area contributed by atoms with Crippen LogP contribution < -0.4 is 5.32 Å². The number of likely N-dealkylation sites (tertiary alicyclic amines) is 1. The van der Waals surface area contributed by atoms with E-state index in [0.29, 0.717) is 13.1 Å². The molecule has 0 bridgehead atoms. The Morgan fingerprint density at radius 1 is 1.35 bits per heavy atom. The van der Waals surface area contributed by atoms with E-state index >= 15 is 0 Å². The van der Waals surface area contributed by atoms with Crippen molar-refractivity contribution in [2.45, 2.75) is 19.1 Å². The molecular formula is C14H18N2O4. The van der Waals surface area contributed by atoms with Gasteiger partial charge < -0.3 is 20.1 Å². The van der Waals surface area contributed by atoms with Gasteiger partial charge in [-0.2, -0.15) is 0 Å². The van der Waals surface area contributed by atoms with E-state index in [1.54, 1.807) is 4.90 Å². The Morgan fingerprint density at radius 3 is 2.80 bits per heavy atom. The lowest BCUT2D eigenvalue weighted by atomic mass is 10.2. The summed E-state index contributed by atoms with van der Waals surface area (Å²) in [6, 6.07) is 9.51. The lowest BCUT2D eigenvalue weighted by Gasteiger charge is -2.16. The molecule has 6 heteroatoms. The summed E-state index contributed by atoms with van der Waals surface area (Å²) >= 11 is 0. The minimum Gasteiger partial charge on any atom is -0.480 e. The molecule has 108 valence electrons. The summed E-state index contributed by atoms with van der Waals surface area (Å²) in [7, 11) is 0. The topological polar surface area (TPSA) is 78.9 Å². The van der Waals surface area contributed by atoms with Gasteiger partial charge in [-0.15, -0.1) is 0 Å². The first-order chi connectivity index (χ1) is 9.65. The van der Waals surface area contributed by atoms with Crippen LogP contribution in [-0.4, -0.2) is 47.7 Å². The quantitative estimate of drug-likeness (QED) is 0.842. The van der Waals surface area contributed by atoms with Crippen LogP contribution in [0.25, 0.3) is 0 Å². The van der Waals surface area contributed by atoms with Crippen LogP contribution in [0.3, 0.4) is 0 Å². The van der Waals surface area contributed by atoms with Gasteiger partial charge in [-0.05, 0) is 12.0 Å². The molecule has 1 atom stereocenters. The molecule has 1 unspecified atom stereocenters. The Hall–Kier alpha value is -2.08. The van der Waals surface area contributed by atoms with Crippen LogP contribution in [0.5, 0.6) is 0 Å². The van der Waals surface area contributed by atoms with Gasteiger partial charge in [-0.25, -0.2) is 4.79 Å². The highest BCUT2D eigenvalue weighted by molar-refractivity contribution is 5.69. The third-order valence-corrected chi connectivity index (χ3v) is 3.19. The Labute approximate surface area is 117 Å². The van der Waals surface area contributed by atoms with Crippen LogP contribution in [0.1, 0.15) is 12.0 Å². The van der Waals surface area contributed by atoms with Crippen molar-refractivity contribution in [2.75, 3.05) is 19.6 Å². The third-order valence-electron chi connectivity index (χ3n) is 3.19. The maximum atomic E-state index is 11.9. The van der Waals surface area contributed by atoms with E-state index in [1.165, 1.54) is 0 Å². The first kappa shape index (κ1) is 14.3. The van der Waals surface area contributed by atoms with Gasteiger partial charge in [0.2, 0.25) is 0 Å². The van der Waals surface area contributed by atoms with E-state index in [-0.39, 0.29) is 25.3 Å². The third kappa shape index (κ3) is 4.24. The summed E-state index contributed by atoms with van der Waals surface area (Å²) in [5, 5.41) is 11.5. The van der Waals surface area contributed by atoms with Crippen molar-refractivity contribution in [1.29, 1.82) is 0 Å². The highest BCUT2D eigenvalue weighted by Gasteiger charge is 2.27. The lowest BCUT2D eigenvalue weighted by molar-refractivity contribution is -0.136. The fourth-order valence-corrected chi connectivity index (χ4v) is 2.13. The molecule has 2 N–H and O–H groups in total. The fraction of sp³-hybridized carbons (Fsp3) is 0.429. The molecule has 1 aromatic carbocycles. The summed E-state index contributed by atoms with van der Waals surface area (Å²) in [6.45, 7) is 1.24. The van der Waals surface area contributed by atoms with Crippen LogP contribution in [0.15, 0.2) is 30.3 Å². The van der Waals surface area contributed by atoms with Crippen molar-refractivity contribution >= 4 is 12.1 Å². The molecule has 1 amide bonds. The van der Waals surface area contributed by atoms with Crippen molar-refractivity contribution in [3.05, 3.63) is 35.9 Å². The van der Waals surface area contributed by atoms with Crippen LogP contribution in [-0.2, 0) is 16.1 Å². The number of nitrogens with zero attached hydrogens (tertiary/aromatic N) is 1. The number of ether oxygens (including phenoxy) is 1. The molecular weight excluding hydrogens is 260 g/mol. The van der Waals surface area contributed by atoms with Crippen LogP contribution in [0.4, 0.5) is 4.79 Å². The van der Waals surface area contributed by atoms with Crippen LogP contribution in [0.2, 0.25) is 0 Å². The first-order valence-corrected chi connectivity index (χ1v) is 6.56. The molecule has 1 heterocycles. The number of amides is 1. The molecule has 0 aromatic heterocycles. The number of hydrogen-bond donors (Lipinski definition) is 2. The van der Waals surface area contributed by atoms with Crippen molar-refractivity contribution in [3.63, 3.8) is 0 Å². The molecule has 0 aliphatic carbocycles. The number of carbonyl (C=O) groups excluding carboxylic acids is 1. The van der Waals surface area contributed by atoms with E-state index in [4.69, 9.17) is 9.84 Å². The lowest BCUT2D eigenvalue weighted by Crippen LogP contribution is -2.37. The van der Waals surface area contributed by atoms with E-state index in [1.807, 2.05) is 30.3 Å². The SMILES string of the molecule is O=C(O)CNC1CCN(C(=O)OCc2ccccc2)C1. The average Bonchev–Trinajstić information content (AvgIpc) is 2.92.